The van der Waals surface area contributed by atoms with Gasteiger partial charge in [-0.05, 0) is 37.6 Å². The predicted molar refractivity (Wildman–Crippen MR) is 124 cm³/mol. The number of hydrogen-bond acceptors (Lipinski definition) is 6. The number of aryl methyl sites for hydroxylation is 1. The quantitative estimate of drug-likeness (QED) is 0.649. The lowest BCUT2D eigenvalue weighted by molar-refractivity contribution is -0.131. The van der Waals surface area contributed by atoms with Crippen molar-refractivity contribution >= 4 is 33.4 Å². The average molecular weight is 487 g/mol. The van der Waals surface area contributed by atoms with E-state index < -0.39 is 16.1 Å². The molecule has 1 saturated heterocycles. The molecule has 0 radical (unpaired) electrons. The third kappa shape index (κ3) is 4.75. The first-order valence-corrected chi connectivity index (χ1v) is 12.3. The van der Waals surface area contributed by atoms with E-state index >= 15 is 0 Å². The van der Waals surface area contributed by atoms with Crippen molar-refractivity contribution in [1.82, 2.24) is 14.5 Å². The molecule has 0 aliphatic carbocycles. The Labute approximate surface area is 197 Å². The van der Waals surface area contributed by atoms with Gasteiger partial charge < -0.3 is 20.3 Å². The number of nitrogens with zero attached hydrogens (tertiary/aromatic N) is 2. The van der Waals surface area contributed by atoms with Gasteiger partial charge in [-0.3, -0.25) is 14.4 Å². The number of nitrogens with one attached hydrogen (secondary N) is 2. The lowest BCUT2D eigenvalue weighted by atomic mass is 10.1. The molecular formula is C23H26N4O6S. The van der Waals surface area contributed by atoms with E-state index in [1.54, 1.807) is 50.2 Å². The Morgan fingerprint density at radius 3 is 2.47 bits per heavy atom. The van der Waals surface area contributed by atoms with E-state index in [4.69, 9.17) is 4.74 Å². The number of carbonyl (C=O) groups excluding carboxylic acids is 3. The molecule has 2 N–H and O–H groups in total. The van der Waals surface area contributed by atoms with E-state index in [0.717, 1.165) is 0 Å². The SMILES string of the molecule is Cc1cc2c(cc1S(=O)(=O)N1CCN(C(=O)CNC(=O)c3ccccc3)CC1)OC(C)C(=O)N2. The van der Waals surface area contributed by atoms with Crippen LogP contribution in [0.25, 0.3) is 0 Å². The number of amides is 3. The Hall–Kier alpha value is -3.44. The standard InChI is InChI=1S/C23H26N4O6S/c1-15-12-18-19(33-16(2)22(29)25-18)13-20(15)34(31,32)27-10-8-26(9-11-27)21(28)14-24-23(30)17-6-4-3-5-7-17/h3-7,12-13,16H,8-11,14H2,1-2H3,(H,24,30)(H,25,29). The fraction of sp³-hybridized carbons (Fsp3) is 0.348. The van der Waals surface area contributed by atoms with Crippen LogP contribution in [0.1, 0.15) is 22.8 Å². The summed E-state index contributed by atoms with van der Waals surface area (Å²) in [6, 6.07) is 11.6. The second kappa shape index (κ2) is 9.43. The number of sulfonamides is 1. The highest BCUT2D eigenvalue weighted by Gasteiger charge is 2.33. The van der Waals surface area contributed by atoms with Gasteiger partial charge in [0.05, 0.1) is 17.1 Å². The second-order valence-electron chi connectivity index (χ2n) is 8.20. The molecule has 10 nitrogen and oxygen atoms in total. The van der Waals surface area contributed by atoms with Gasteiger partial charge in [-0.25, -0.2) is 8.42 Å². The minimum absolute atomic E-state index is 0.101. The Morgan fingerprint density at radius 2 is 1.79 bits per heavy atom. The summed E-state index contributed by atoms with van der Waals surface area (Å²) in [6.07, 6.45) is -0.720. The van der Waals surface area contributed by atoms with E-state index in [1.165, 1.54) is 15.3 Å². The van der Waals surface area contributed by atoms with Crippen LogP contribution in [0.5, 0.6) is 5.75 Å². The van der Waals surface area contributed by atoms with Crippen LogP contribution in [-0.4, -0.2) is 74.2 Å². The van der Waals surface area contributed by atoms with Crippen molar-refractivity contribution in [3.63, 3.8) is 0 Å². The molecule has 180 valence electrons. The van der Waals surface area contributed by atoms with Crippen LogP contribution in [0.3, 0.4) is 0 Å². The molecule has 3 amide bonds. The molecule has 0 saturated carbocycles. The van der Waals surface area contributed by atoms with E-state index in [2.05, 4.69) is 10.6 Å². The Balaban J connectivity index is 1.38. The maximum absolute atomic E-state index is 13.3. The monoisotopic (exact) mass is 486 g/mol. The van der Waals surface area contributed by atoms with Crippen molar-refractivity contribution in [1.29, 1.82) is 0 Å². The highest BCUT2D eigenvalue weighted by atomic mass is 32.2. The Morgan fingerprint density at radius 1 is 1.12 bits per heavy atom. The molecule has 1 unspecified atom stereocenters. The number of ether oxygens (including phenoxy) is 1. The molecule has 1 atom stereocenters. The van der Waals surface area contributed by atoms with Crippen molar-refractivity contribution in [2.45, 2.75) is 24.8 Å². The predicted octanol–water partition coefficient (Wildman–Crippen LogP) is 0.977. The fourth-order valence-electron chi connectivity index (χ4n) is 3.90. The third-order valence-electron chi connectivity index (χ3n) is 5.85. The number of piperazine rings is 1. The van der Waals surface area contributed by atoms with Crippen molar-refractivity contribution in [3.8, 4) is 5.75 Å². The molecule has 0 bridgehead atoms. The van der Waals surface area contributed by atoms with E-state index in [-0.39, 0.29) is 55.3 Å². The maximum atomic E-state index is 13.3. The van der Waals surface area contributed by atoms with Crippen LogP contribution in [0.15, 0.2) is 47.4 Å². The summed E-state index contributed by atoms with van der Waals surface area (Å²) in [5, 5.41) is 5.31. The lowest BCUT2D eigenvalue weighted by Gasteiger charge is -2.34. The summed E-state index contributed by atoms with van der Waals surface area (Å²) < 4.78 is 33.5. The van der Waals surface area contributed by atoms with E-state index in [1.807, 2.05) is 0 Å². The van der Waals surface area contributed by atoms with Gasteiger partial charge in [0.15, 0.2) is 6.10 Å². The lowest BCUT2D eigenvalue weighted by Crippen LogP contribution is -2.52. The van der Waals surface area contributed by atoms with Gasteiger partial charge in [-0.1, -0.05) is 18.2 Å². The summed E-state index contributed by atoms with van der Waals surface area (Å²) in [4.78, 5) is 38.1. The minimum atomic E-state index is -3.84. The van der Waals surface area contributed by atoms with Crippen molar-refractivity contribution in [3.05, 3.63) is 53.6 Å². The van der Waals surface area contributed by atoms with Crippen molar-refractivity contribution in [2.75, 3.05) is 38.0 Å². The zero-order valence-electron chi connectivity index (χ0n) is 18.9. The van der Waals surface area contributed by atoms with Crippen LogP contribution in [0, 0.1) is 6.92 Å². The molecule has 1 fully saturated rings. The summed E-state index contributed by atoms with van der Waals surface area (Å²) in [7, 11) is -3.84. The zero-order chi connectivity index (χ0) is 24.5. The molecule has 2 aromatic carbocycles. The number of carbonyl (C=O) groups is 3. The second-order valence-corrected chi connectivity index (χ2v) is 10.1. The van der Waals surface area contributed by atoms with Gasteiger partial charge in [0, 0.05) is 37.8 Å². The number of anilines is 1. The fourth-order valence-corrected chi connectivity index (χ4v) is 5.54. The van der Waals surface area contributed by atoms with Gasteiger partial charge in [0.25, 0.3) is 11.8 Å². The summed E-state index contributed by atoms with van der Waals surface area (Å²) in [5.41, 5.74) is 1.39. The molecule has 0 aromatic heterocycles. The molecule has 2 aromatic rings. The smallest absolute Gasteiger partial charge is 0.265 e. The molecule has 2 aliphatic heterocycles. The van der Waals surface area contributed by atoms with Gasteiger partial charge in [-0.15, -0.1) is 0 Å². The highest BCUT2D eigenvalue weighted by Crippen LogP contribution is 2.35. The molecule has 2 aliphatic rings. The third-order valence-corrected chi connectivity index (χ3v) is 7.89. The van der Waals surface area contributed by atoms with E-state index in [9.17, 15) is 22.8 Å². The highest BCUT2D eigenvalue weighted by molar-refractivity contribution is 7.89. The van der Waals surface area contributed by atoms with Gasteiger partial charge in [0.1, 0.15) is 5.75 Å². The maximum Gasteiger partial charge on any atom is 0.265 e. The number of hydrogen-bond donors (Lipinski definition) is 2. The van der Waals surface area contributed by atoms with Gasteiger partial charge >= 0.3 is 0 Å². The van der Waals surface area contributed by atoms with Gasteiger partial charge in [0.2, 0.25) is 15.9 Å². The topological polar surface area (TPSA) is 125 Å². The van der Waals surface area contributed by atoms with Crippen molar-refractivity contribution in [2.24, 2.45) is 0 Å². The Kier molecular flexibility index (Phi) is 6.58. The summed E-state index contributed by atoms with van der Waals surface area (Å²) in [6.45, 7) is 3.78. The van der Waals surface area contributed by atoms with Crippen LogP contribution >= 0.6 is 0 Å². The first-order valence-electron chi connectivity index (χ1n) is 10.9. The summed E-state index contributed by atoms with van der Waals surface area (Å²) >= 11 is 0. The first kappa shape index (κ1) is 23.7. The van der Waals surface area contributed by atoms with Crippen LogP contribution in [0.4, 0.5) is 5.69 Å². The molecule has 2 heterocycles. The van der Waals surface area contributed by atoms with Gasteiger partial charge in [-0.2, -0.15) is 4.31 Å². The molecular weight excluding hydrogens is 460 g/mol. The first-order chi connectivity index (χ1) is 16.2. The number of fused-ring (bicyclic) bond motifs is 1. The van der Waals surface area contributed by atoms with Crippen LogP contribution in [0.2, 0.25) is 0 Å². The zero-order valence-corrected chi connectivity index (χ0v) is 19.7. The summed E-state index contributed by atoms with van der Waals surface area (Å²) in [5.74, 6) is -0.599. The van der Waals surface area contributed by atoms with E-state index in [0.29, 0.717) is 22.6 Å². The Bertz CT molecular complexity index is 1220. The molecule has 34 heavy (non-hydrogen) atoms. The van der Waals surface area contributed by atoms with Crippen LogP contribution in [-0.2, 0) is 19.6 Å². The normalized spacial score (nSPS) is 18.5. The van der Waals surface area contributed by atoms with Crippen LogP contribution < -0.4 is 15.4 Å². The minimum Gasteiger partial charge on any atom is -0.479 e. The molecule has 11 heteroatoms. The molecule has 4 rings (SSSR count). The largest absolute Gasteiger partial charge is 0.479 e. The average Bonchev–Trinajstić information content (AvgIpc) is 2.83. The molecule has 0 spiro atoms. The number of benzene rings is 2. The number of rotatable bonds is 5. The van der Waals surface area contributed by atoms with Crippen molar-refractivity contribution < 1.29 is 27.5 Å².